The average molecular weight is 426 g/mol. The van der Waals surface area contributed by atoms with Crippen LogP contribution in [0.4, 0.5) is 0 Å². The van der Waals surface area contributed by atoms with Crippen LogP contribution in [0.3, 0.4) is 0 Å². The molecular weight excluding hydrogens is 390 g/mol. The lowest BCUT2D eigenvalue weighted by molar-refractivity contribution is -0.136. The standard InChI is InChI=1S/C25H35N3O3/c1-3-19-8-9-23-22(15-19)20(16-25(30)31-23)17-26-11-13-27(14-12-26)18-24(29)28-10-6-5-7-21(28)4-2/h8-9,15-16,21H,3-7,10-14,17-18H2,1-2H3. The molecule has 2 aliphatic heterocycles. The van der Waals surface area contributed by atoms with Crippen molar-refractivity contribution in [2.24, 2.45) is 0 Å². The van der Waals surface area contributed by atoms with Gasteiger partial charge in [0.15, 0.2) is 0 Å². The molecule has 31 heavy (non-hydrogen) atoms. The van der Waals surface area contributed by atoms with Gasteiger partial charge in [0, 0.05) is 56.8 Å². The molecule has 4 rings (SSSR count). The number of nitrogens with zero attached hydrogens (tertiary/aromatic N) is 3. The fraction of sp³-hybridized carbons (Fsp3) is 0.600. The minimum Gasteiger partial charge on any atom is -0.423 e. The van der Waals surface area contributed by atoms with Crippen molar-refractivity contribution in [3.8, 4) is 0 Å². The number of rotatable bonds is 6. The zero-order valence-electron chi connectivity index (χ0n) is 18.9. The van der Waals surface area contributed by atoms with Crippen molar-refractivity contribution < 1.29 is 9.21 Å². The fourth-order valence-corrected chi connectivity index (χ4v) is 5.01. The predicted octanol–water partition coefficient (Wildman–Crippen LogP) is 3.26. The number of fused-ring (bicyclic) bond motifs is 1. The molecule has 6 heteroatoms. The van der Waals surface area contributed by atoms with Crippen LogP contribution in [0, 0.1) is 0 Å². The maximum atomic E-state index is 12.9. The van der Waals surface area contributed by atoms with Crippen LogP contribution in [0.15, 0.2) is 33.5 Å². The Balaban J connectivity index is 1.36. The summed E-state index contributed by atoms with van der Waals surface area (Å²) >= 11 is 0. The molecule has 2 saturated heterocycles. The molecule has 1 unspecified atom stereocenters. The Hall–Kier alpha value is -2.18. The largest absolute Gasteiger partial charge is 0.423 e. The molecule has 0 aliphatic carbocycles. The van der Waals surface area contributed by atoms with Crippen molar-refractivity contribution in [1.82, 2.24) is 14.7 Å². The van der Waals surface area contributed by atoms with Crippen molar-refractivity contribution in [2.75, 3.05) is 39.3 Å². The van der Waals surface area contributed by atoms with Crippen molar-refractivity contribution in [2.45, 2.75) is 58.5 Å². The number of hydrogen-bond donors (Lipinski definition) is 0. The number of carbonyl (C=O) groups is 1. The van der Waals surface area contributed by atoms with E-state index in [4.69, 9.17) is 4.42 Å². The first-order valence-electron chi connectivity index (χ1n) is 11.9. The summed E-state index contributed by atoms with van der Waals surface area (Å²) < 4.78 is 5.40. The third kappa shape index (κ3) is 5.18. The molecule has 0 radical (unpaired) electrons. The van der Waals surface area contributed by atoms with E-state index in [9.17, 15) is 9.59 Å². The monoisotopic (exact) mass is 425 g/mol. The normalized spacial score (nSPS) is 21.0. The zero-order valence-corrected chi connectivity index (χ0v) is 18.9. The highest BCUT2D eigenvalue weighted by molar-refractivity contribution is 5.81. The third-order valence-corrected chi connectivity index (χ3v) is 6.94. The number of carbonyl (C=O) groups excluding carboxylic acids is 1. The number of benzene rings is 1. The molecule has 0 N–H and O–H groups in total. The highest BCUT2D eigenvalue weighted by atomic mass is 16.4. The van der Waals surface area contributed by atoms with Crippen molar-refractivity contribution in [1.29, 1.82) is 0 Å². The first-order valence-corrected chi connectivity index (χ1v) is 11.9. The van der Waals surface area contributed by atoms with Crippen LogP contribution in [-0.4, -0.2) is 65.9 Å². The van der Waals surface area contributed by atoms with Crippen molar-refractivity contribution in [3.05, 3.63) is 45.8 Å². The van der Waals surface area contributed by atoms with Gasteiger partial charge in [0.25, 0.3) is 0 Å². The van der Waals surface area contributed by atoms with E-state index in [0.29, 0.717) is 24.1 Å². The summed E-state index contributed by atoms with van der Waals surface area (Å²) in [4.78, 5) is 31.7. The summed E-state index contributed by atoms with van der Waals surface area (Å²) in [6, 6.07) is 8.14. The minimum atomic E-state index is -0.289. The van der Waals surface area contributed by atoms with Gasteiger partial charge in [-0.15, -0.1) is 0 Å². The summed E-state index contributed by atoms with van der Waals surface area (Å²) in [5.74, 6) is 0.291. The van der Waals surface area contributed by atoms with E-state index in [2.05, 4.69) is 34.6 Å². The van der Waals surface area contributed by atoms with E-state index >= 15 is 0 Å². The second-order valence-electron chi connectivity index (χ2n) is 8.97. The van der Waals surface area contributed by atoms with Gasteiger partial charge in [-0.25, -0.2) is 4.79 Å². The molecule has 168 valence electrons. The molecule has 0 spiro atoms. The number of amides is 1. The van der Waals surface area contributed by atoms with Crippen LogP contribution in [-0.2, 0) is 17.8 Å². The molecule has 0 bridgehead atoms. The molecule has 6 nitrogen and oxygen atoms in total. The van der Waals surface area contributed by atoms with Crippen LogP contribution >= 0.6 is 0 Å². The molecule has 2 fully saturated rings. The molecular formula is C25H35N3O3. The van der Waals surface area contributed by atoms with Crippen LogP contribution in [0.1, 0.15) is 50.7 Å². The Labute approximate surface area is 184 Å². The van der Waals surface area contributed by atoms with E-state index in [0.717, 1.165) is 75.9 Å². The molecule has 1 atom stereocenters. The van der Waals surface area contributed by atoms with Crippen LogP contribution in [0.2, 0.25) is 0 Å². The zero-order chi connectivity index (χ0) is 21.8. The third-order valence-electron chi connectivity index (χ3n) is 6.94. The van der Waals surface area contributed by atoms with Gasteiger partial charge in [-0.3, -0.25) is 14.6 Å². The SMILES string of the molecule is CCc1ccc2oc(=O)cc(CN3CCN(CC(=O)N4CCCCC4CC)CC3)c2c1. The first kappa shape index (κ1) is 22.0. The van der Waals surface area contributed by atoms with Crippen LogP contribution in [0.5, 0.6) is 0 Å². The fourth-order valence-electron chi connectivity index (χ4n) is 5.01. The topological polar surface area (TPSA) is 57.0 Å². The van der Waals surface area contributed by atoms with Gasteiger partial charge >= 0.3 is 5.63 Å². The van der Waals surface area contributed by atoms with E-state index in [1.54, 1.807) is 6.07 Å². The lowest BCUT2D eigenvalue weighted by atomic mass is 10.00. The molecule has 2 aromatic rings. The van der Waals surface area contributed by atoms with E-state index in [1.165, 1.54) is 12.0 Å². The second-order valence-corrected chi connectivity index (χ2v) is 8.97. The summed E-state index contributed by atoms with van der Waals surface area (Å²) in [6.45, 7) is 10.1. The lowest BCUT2D eigenvalue weighted by Crippen LogP contribution is -2.52. The van der Waals surface area contributed by atoms with Crippen molar-refractivity contribution >= 4 is 16.9 Å². The number of hydrogen-bond acceptors (Lipinski definition) is 5. The summed E-state index contributed by atoms with van der Waals surface area (Å²) in [5, 5.41) is 1.03. The van der Waals surface area contributed by atoms with Gasteiger partial charge in [0.05, 0.1) is 6.54 Å². The van der Waals surface area contributed by atoms with Gasteiger partial charge in [-0.2, -0.15) is 0 Å². The average Bonchev–Trinajstić information content (AvgIpc) is 2.80. The van der Waals surface area contributed by atoms with Gasteiger partial charge < -0.3 is 9.32 Å². The van der Waals surface area contributed by atoms with Gasteiger partial charge in [-0.05, 0) is 55.4 Å². The summed E-state index contributed by atoms with van der Waals surface area (Å²) in [5.41, 5.74) is 2.65. The summed E-state index contributed by atoms with van der Waals surface area (Å²) in [7, 11) is 0. The molecule has 1 aromatic heterocycles. The number of aryl methyl sites for hydroxylation is 1. The maximum absolute atomic E-state index is 12.9. The predicted molar refractivity (Wildman–Crippen MR) is 123 cm³/mol. The summed E-state index contributed by atoms with van der Waals surface area (Å²) in [6.07, 6.45) is 5.53. The molecule has 3 heterocycles. The van der Waals surface area contributed by atoms with Crippen LogP contribution < -0.4 is 5.63 Å². The number of likely N-dealkylation sites (tertiary alicyclic amines) is 1. The van der Waals surface area contributed by atoms with E-state index < -0.39 is 0 Å². The Morgan fingerprint density at radius 2 is 1.81 bits per heavy atom. The highest BCUT2D eigenvalue weighted by Gasteiger charge is 2.27. The van der Waals surface area contributed by atoms with Gasteiger partial charge in [0.2, 0.25) is 5.91 Å². The van der Waals surface area contributed by atoms with Crippen molar-refractivity contribution in [3.63, 3.8) is 0 Å². The van der Waals surface area contributed by atoms with Gasteiger partial charge in [0.1, 0.15) is 5.58 Å². The Morgan fingerprint density at radius 1 is 1.03 bits per heavy atom. The second kappa shape index (κ2) is 9.96. The number of piperazine rings is 1. The molecule has 1 amide bonds. The Bertz CT molecular complexity index is 962. The van der Waals surface area contributed by atoms with Crippen LogP contribution in [0.25, 0.3) is 11.0 Å². The lowest BCUT2D eigenvalue weighted by Gasteiger charge is -2.39. The molecule has 2 aliphatic rings. The Kier molecular flexibility index (Phi) is 7.08. The van der Waals surface area contributed by atoms with E-state index in [-0.39, 0.29) is 5.63 Å². The molecule has 1 aromatic carbocycles. The number of piperidine rings is 1. The van der Waals surface area contributed by atoms with E-state index in [1.807, 2.05) is 12.1 Å². The maximum Gasteiger partial charge on any atom is 0.336 e. The minimum absolute atomic E-state index is 0.289. The first-order chi connectivity index (χ1) is 15.1. The highest BCUT2D eigenvalue weighted by Crippen LogP contribution is 2.22. The van der Waals surface area contributed by atoms with Gasteiger partial charge in [-0.1, -0.05) is 19.9 Å². The Morgan fingerprint density at radius 3 is 2.55 bits per heavy atom. The quantitative estimate of drug-likeness (QED) is 0.665. The molecule has 0 saturated carbocycles. The smallest absolute Gasteiger partial charge is 0.336 e.